The van der Waals surface area contributed by atoms with Gasteiger partial charge in [0.25, 0.3) is 11.5 Å². The van der Waals surface area contributed by atoms with Crippen LogP contribution in [0.5, 0.6) is 0 Å². The third-order valence-corrected chi connectivity index (χ3v) is 5.40. The van der Waals surface area contributed by atoms with Gasteiger partial charge in [-0.2, -0.15) is 0 Å². The molecule has 2 bridgehead atoms. The Kier molecular flexibility index (Phi) is 4.30. The Hall–Kier alpha value is -2.96. The molecule has 2 amide bonds. The first-order chi connectivity index (χ1) is 12.9. The third kappa shape index (κ3) is 3.25. The number of fused-ring (bicyclic) bond motifs is 4. The van der Waals surface area contributed by atoms with Gasteiger partial charge < -0.3 is 14.8 Å². The molecular weight excluding hydrogens is 349 g/mol. The van der Waals surface area contributed by atoms with Crippen LogP contribution < -0.4 is 10.9 Å². The molecule has 0 saturated carbocycles. The lowest BCUT2D eigenvalue weighted by Gasteiger charge is -2.42. The number of amides is 2. The molecule has 27 heavy (non-hydrogen) atoms. The monoisotopic (exact) mass is 369 g/mol. The number of benzene rings is 1. The highest BCUT2D eigenvalue weighted by atomic mass is 19.1. The highest BCUT2D eigenvalue weighted by Gasteiger charge is 2.35. The molecule has 2 aliphatic heterocycles. The van der Waals surface area contributed by atoms with Crippen LogP contribution in [0.3, 0.4) is 0 Å². The summed E-state index contributed by atoms with van der Waals surface area (Å²) in [5.41, 5.74) is 1.15. The van der Waals surface area contributed by atoms with E-state index in [1.165, 1.54) is 24.3 Å². The number of carbonyl (C=O) groups is 2. The van der Waals surface area contributed by atoms with Gasteiger partial charge in [0.05, 0.1) is 0 Å². The Morgan fingerprint density at radius 3 is 2.52 bits per heavy atom. The third-order valence-electron chi connectivity index (χ3n) is 5.40. The minimum Gasteiger partial charge on any atom is -0.342 e. The van der Waals surface area contributed by atoms with Gasteiger partial charge in [-0.15, -0.1) is 0 Å². The predicted molar refractivity (Wildman–Crippen MR) is 98.2 cm³/mol. The highest BCUT2D eigenvalue weighted by molar-refractivity contribution is 6.04. The molecule has 1 N–H and O–H groups in total. The van der Waals surface area contributed by atoms with Crippen molar-refractivity contribution in [3.8, 4) is 0 Å². The van der Waals surface area contributed by atoms with Crippen molar-refractivity contribution >= 4 is 17.5 Å². The van der Waals surface area contributed by atoms with Crippen LogP contribution in [-0.4, -0.2) is 34.4 Å². The van der Waals surface area contributed by atoms with Crippen molar-refractivity contribution in [1.29, 1.82) is 0 Å². The number of rotatable bonds is 2. The maximum Gasteiger partial charge on any atom is 0.274 e. The molecule has 0 spiro atoms. The first-order valence-electron chi connectivity index (χ1n) is 8.98. The maximum absolute atomic E-state index is 13.0. The average Bonchev–Trinajstić information content (AvgIpc) is 2.64. The lowest BCUT2D eigenvalue weighted by molar-refractivity contribution is -0.131. The summed E-state index contributed by atoms with van der Waals surface area (Å²) in [5.74, 6) is -0.446. The summed E-state index contributed by atoms with van der Waals surface area (Å²) in [6.07, 6.45) is 0.963. The second-order valence-corrected chi connectivity index (χ2v) is 7.27. The predicted octanol–water partition coefficient (Wildman–Crippen LogP) is 2.21. The van der Waals surface area contributed by atoms with E-state index >= 15 is 0 Å². The average molecular weight is 369 g/mol. The van der Waals surface area contributed by atoms with E-state index in [0.29, 0.717) is 19.6 Å². The fourth-order valence-electron chi connectivity index (χ4n) is 4.09. The number of pyridine rings is 1. The van der Waals surface area contributed by atoms with Crippen LogP contribution in [0.25, 0.3) is 0 Å². The Labute approximate surface area is 155 Å². The minimum atomic E-state index is -0.452. The Morgan fingerprint density at radius 2 is 1.81 bits per heavy atom. The van der Waals surface area contributed by atoms with Gasteiger partial charge in [0.2, 0.25) is 5.91 Å². The largest absolute Gasteiger partial charge is 0.342 e. The summed E-state index contributed by atoms with van der Waals surface area (Å²) in [5, 5.41) is 2.63. The lowest BCUT2D eigenvalue weighted by Crippen LogP contribution is -2.48. The zero-order valence-electron chi connectivity index (χ0n) is 14.9. The molecule has 0 radical (unpaired) electrons. The molecule has 7 heteroatoms. The number of anilines is 1. The molecular formula is C20H20FN3O3. The Balaban J connectivity index is 1.60. The lowest BCUT2D eigenvalue weighted by atomic mass is 9.83. The number of hydrogen-bond donors (Lipinski definition) is 1. The number of halogens is 1. The van der Waals surface area contributed by atoms with E-state index in [9.17, 15) is 18.8 Å². The normalized spacial score (nSPS) is 20.7. The molecule has 6 nitrogen and oxygen atoms in total. The van der Waals surface area contributed by atoms with Crippen LogP contribution in [0, 0.1) is 11.7 Å². The second-order valence-electron chi connectivity index (χ2n) is 7.27. The summed E-state index contributed by atoms with van der Waals surface area (Å²) >= 11 is 0. The molecule has 1 fully saturated rings. The van der Waals surface area contributed by atoms with E-state index in [4.69, 9.17) is 0 Å². The van der Waals surface area contributed by atoms with Gasteiger partial charge in [0.15, 0.2) is 0 Å². The van der Waals surface area contributed by atoms with Crippen LogP contribution in [0.1, 0.15) is 35.3 Å². The SMILES string of the molecule is CC(=O)N1C[C@H]2C[C@H](C1)c1ccc(NC(=O)c3ccc(F)cc3)c(=O)n1C2. The molecule has 0 unspecified atom stereocenters. The molecule has 2 aliphatic rings. The minimum absolute atomic E-state index is 0.0590. The van der Waals surface area contributed by atoms with Crippen molar-refractivity contribution < 1.29 is 14.0 Å². The summed E-state index contributed by atoms with van der Waals surface area (Å²) < 4.78 is 14.7. The van der Waals surface area contributed by atoms with Gasteiger partial charge in [-0.05, 0) is 48.7 Å². The fourth-order valence-corrected chi connectivity index (χ4v) is 4.09. The second kappa shape index (κ2) is 6.64. The molecule has 1 aromatic heterocycles. The number of aromatic nitrogens is 1. The van der Waals surface area contributed by atoms with Crippen LogP contribution in [0.2, 0.25) is 0 Å². The first kappa shape index (κ1) is 17.5. The van der Waals surface area contributed by atoms with Gasteiger partial charge in [-0.25, -0.2) is 4.39 Å². The van der Waals surface area contributed by atoms with Crippen LogP contribution in [0.15, 0.2) is 41.2 Å². The summed E-state index contributed by atoms with van der Waals surface area (Å²) in [7, 11) is 0. The van der Waals surface area contributed by atoms with Crippen molar-refractivity contribution in [3.05, 3.63) is 63.8 Å². The van der Waals surface area contributed by atoms with E-state index in [2.05, 4.69) is 5.32 Å². The van der Waals surface area contributed by atoms with E-state index in [0.717, 1.165) is 12.1 Å². The van der Waals surface area contributed by atoms with Crippen molar-refractivity contribution in [2.24, 2.45) is 5.92 Å². The summed E-state index contributed by atoms with van der Waals surface area (Å²) in [4.78, 5) is 38.8. The van der Waals surface area contributed by atoms with E-state index in [1.54, 1.807) is 17.6 Å². The van der Waals surface area contributed by atoms with Gasteiger partial charge in [-0.1, -0.05) is 0 Å². The molecule has 4 rings (SSSR count). The number of nitrogens with one attached hydrogen (secondary N) is 1. The van der Waals surface area contributed by atoms with E-state index in [-0.39, 0.29) is 34.6 Å². The number of hydrogen-bond acceptors (Lipinski definition) is 3. The number of carbonyl (C=O) groups excluding carboxylic acids is 2. The van der Waals surface area contributed by atoms with Crippen LogP contribution in [-0.2, 0) is 11.3 Å². The molecule has 0 aliphatic carbocycles. The van der Waals surface area contributed by atoms with Crippen molar-refractivity contribution in [2.75, 3.05) is 18.4 Å². The van der Waals surface area contributed by atoms with Crippen LogP contribution in [0.4, 0.5) is 10.1 Å². The summed E-state index contributed by atoms with van der Waals surface area (Å²) in [6, 6.07) is 8.63. The topological polar surface area (TPSA) is 71.4 Å². The Bertz CT molecular complexity index is 967. The zero-order valence-corrected chi connectivity index (χ0v) is 14.9. The van der Waals surface area contributed by atoms with Crippen molar-refractivity contribution in [2.45, 2.75) is 25.8 Å². The van der Waals surface area contributed by atoms with Gasteiger partial charge in [-0.3, -0.25) is 14.4 Å². The smallest absolute Gasteiger partial charge is 0.274 e. The van der Waals surface area contributed by atoms with Crippen LogP contribution >= 0.6 is 0 Å². The zero-order chi connectivity index (χ0) is 19.1. The molecule has 3 heterocycles. The maximum atomic E-state index is 13.0. The van der Waals surface area contributed by atoms with Gasteiger partial charge in [0.1, 0.15) is 11.5 Å². The van der Waals surface area contributed by atoms with Gasteiger partial charge >= 0.3 is 0 Å². The Morgan fingerprint density at radius 1 is 1.07 bits per heavy atom. The van der Waals surface area contributed by atoms with Crippen molar-refractivity contribution in [3.63, 3.8) is 0 Å². The number of nitrogens with zero attached hydrogens (tertiary/aromatic N) is 2. The quantitative estimate of drug-likeness (QED) is 0.882. The van der Waals surface area contributed by atoms with E-state index < -0.39 is 11.7 Å². The molecule has 1 saturated heterocycles. The highest BCUT2D eigenvalue weighted by Crippen LogP contribution is 2.35. The van der Waals surface area contributed by atoms with Crippen molar-refractivity contribution in [1.82, 2.24) is 9.47 Å². The molecule has 2 atom stereocenters. The number of likely N-dealkylation sites (tertiary alicyclic amines) is 1. The first-order valence-corrected chi connectivity index (χ1v) is 8.98. The summed E-state index contributed by atoms with van der Waals surface area (Å²) in [6.45, 7) is 3.38. The molecule has 1 aromatic carbocycles. The van der Waals surface area contributed by atoms with Gasteiger partial charge in [0, 0.05) is 43.7 Å². The standard InChI is InChI=1S/C20H20FN3O3/c1-12(25)23-9-13-8-15(11-23)18-7-6-17(20(27)24(18)10-13)22-19(26)14-2-4-16(21)5-3-14/h2-7,13,15H,8-11H2,1H3,(H,22,26)/t13-,15-/m1/s1. The fraction of sp³-hybridized carbons (Fsp3) is 0.350. The number of piperidine rings is 1. The van der Waals surface area contributed by atoms with E-state index in [1.807, 2.05) is 11.0 Å². The molecule has 2 aromatic rings. The molecule has 140 valence electrons.